The summed E-state index contributed by atoms with van der Waals surface area (Å²) in [4.78, 5) is 12.3. The van der Waals surface area contributed by atoms with Gasteiger partial charge in [-0.2, -0.15) is 0 Å². The largest absolute Gasteiger partial charge is 0.493 e. The molecule has 0 aliphatic carbocycles. The molecule has 1 atom stereocenters. The average molecular weight is 261 g/mol. The van der Waals surface area contributed by atoms with Gasteiger partial charge >= 0.3 is 0 Å². The zero-order valence-corrected chi connectivity index (χ0v) is 11.8. The van der Waals surface area contributed by atoms with E-state index in [2.05, 4.69) is 19.2 Å². The summed E-state index contributed by atoms with van der Waals surface area (Å²) in [5.74, 6) is 1.55. The third-order valence-corrected chi connectivity index (χ3v) is 3.35. The fourth-order valence-electron chi connectivity index (χ4n) is 2.26. The number of carbonyl (C=O) groups is 1. The van der Waals surface area contributed by atoms with Crippen molar-refractivity contribution >= 4 is 5.78 Å². The number of ketones is 1. The van der Waals surface area contributed by atoms with Crippen molar-refractivity contribution in [2.45, 2.75) is 39.2 Å². The first-order valence-electron chi connectivity index (χ1n) is 7.17. The van der Waals surface area contributed by atoms with Gasteiger partial charge in [0, 0.05) is 5.56 Å². The van der Waals surface area contributed by atoms with Gasteiger partial charge in [0.2, 0.25) is 0 Å². The summed E-state index contributed by atoms with van der Waals surface area (Å²) in [6.45, 7) is 5.89. The van der Waals surface area contributed by atoms with E-state index in [1.165, 1.54) is 6.42 Å². The van der Waals surface area contributed by atoms with Crippen LogP contribution < -0.4 is 10.1 Å². The number of ether oxygens (including phenoxy) is 1. The number of piperidine rings is 1. The van der Waals surface area contributed by atoms with Gasteiger partial charge in [-0.1, -0.05) is 20.3 Å². The maximum Gasteiger partial charge on any atom is 0.179 e. The van der Waals surface area contributed by atoms with Gasteiger partial charge in [-0.3, -0.25) is 4.79 Å². The lowest BCUT2D eigenvalue weighted by atomic mass is 9.96. The number of Topliss-reactive ketones (excluding diaryl/α,β-unsaturated/α-hetero) is 1. The lowest BCUT2D eigenvalue weighted by Crippen LogP contribution is -2.40. The summed E-state index contributed by atoms with van der Waals surface area (Å²) in [6, 6.07) is 7.51. The fourth-order valence-corrected chi connectivity index (χ4v) is 2.26. The van der Waals surface area contributed by atoms with Crippen molar-refractivity contribution < 1.29 is 9.53 Å². The van der Waals surface area contributed by atoms with Gasteiger partial charge in [0.05, 0.1) is 12.6 Å². The molecule has 0 saturated carbocycles. The van der Waals surface area contributed by atoms with Crippen molar-refractivity contribution in [3.63, 3.8) is 0 Å². The van der Waals surface area contributed by atoms with E-state index in [-0.39, 0.29) is 11.8 Å². The lowest BCUT2D eigenvalue weighted by molar-refractivity contribution is 0.0927. The monoisotopic (exact) mass is 261 g/mol. The molecule has 1 aromatic rings. The normalized spacial score (nSPS) is 19.4. The highest BCUT2D eigenvalue weighted by Crippen LogP contribution is 2.17. The van der Waals surface area contributed by atoms with E-state index in [1.54, 1.807) is 0 Å². The Kier molecular flexibility index (Phi) is 4.97. The Morgan fingerprint density at radius 3 is 2.63 bits per heavy atom. The molecule has 1 N–H and O–H groups in total. The molecule has 19 heavy (non-hydrogen) atoms. The minimum atomic E-state index is -0.00353. The third kappa shape index (κ3) is 4.06. The molecule has 0 amide bonds. The van der Waals surface area contributed by atoms with Gasteiger partial charge in [0.15, 0.2) is 5.78 Å². The Bertz CT molecular complexity index is 405. The molecule has 0 aromatic heterocycles. The van der Waals surface area contributed by atoms with Crippen molar-refractivity contribution in [3.8, 4) is 5.75 Å². The van der Waals surface area contributed by atoms with Gasteiger partial charge < -0.3 is 10.1 Å². The van der Waals surface area contributed by atoms with Crippen LogP contribution in [0.1, 0.15) is 43.5 Å². The lowest BCUT2D eigenvalue weighted by Gasteiger charge is -2.22. The number of rotatable bonds is 5. The topological polar surface area (TPSA) is 38.3 Å². The second kappa shape index (κ2) is 6.71. The van der Waals surface area contributed by atoms with E-state index < -0.39 is 0 Å². The van der Waals surface area contributed by atoms with Crippen LogP contribution in [0, 0.1) is 5.92 Å². The second-order valence-electron chi connectivity index (χ2n) is 5.60. The maximum atomic E-state index is 12.3. The molecule has 2 rings (SSSR count). The first-order valence-corrected chi connectivity index (χ1v) is 7.17. The maximum absolute atomic E-state index is 12.3. The van der Waals surface area contributed by atoms with E-state index >= 15 is 0 Å². The molecule has 0 spiro atoms. The zero-order chi connectivity index (χ0) is 13.7. The van der Waals surface area contributed by atoms with E-state index in [9.17, 15) is 4.79 Å². The van der Waals surface area contributed by atoms with Crippen molar-refractivity contribution in [1.82, 2.24) is 5.32 Å². The highest BCUT2D eigenvalue weighted by molar-refractivity contribution is 6.00. The third-order valence-electron chi connectivity index (χ3n) is 3.35. The molecule has 1 unspecified atom stereocenters. The van der Waals surface area contributed by atoms with E-state index in [4.69, 9.17) is 4.74 Å². The van der Waals surface area contributed by atoms with E-state index in [0.717, 1.165) is 30.7 Å². The van der Waals surface area contributed by atoms with Crippen LogP contribution in [0.15, 0.2) is 24.3 Å². The minimum absolute atomic E-state index is 0.00353. The van der Waals surface area contributed by atoms with E-state index in [0.29, 0.717) is 12.5 Å². The van der Waals surface area contributed by atoms with Crippen LogP contribution in [-0.4, -0.2) is 25.0 Å². The average Bonchev–Trinajstić information content (AvgIpc) is 2.46. The van der Waals surface area contributed by atoms with Crippen LogP contribution >= 0.6 is 0 Å². The van der Waals surface area contributed by atoms with Gasteiger partial charge in [0.25, 0.3) is 0 Å². The van der Waals surface area contributed by atoms with Crippen LogP contribution in [0.5, 0.6) is 5.75 Å². The van der Waals surface area contributed by atoms with Crippen LogP contribution in [0.2, 0.25) is 0 Å². The molecule has 1 aliphatic heterocycles. The number of carbonyl (C=O) groups excluding carboxylic acids is 1. The fraction of sp³-hybridized carbons (Fsp3) is 0.562. The highest BCUT2D eigenvalue weighted by Gasteiger charge is 2.21. The SMILES string of the molecule is CC(C)COc1ccc(C(=O)C2CCCCN2)cc1. The molecule has 1 aromatic carbocycles. The van der Waals surface area contributed by atoms with E-state index in [1.807, 2.05) is 24.3 Å². The van der Waals surface area contributed by atoms with Crippen molar-refractivity contribution in [3.05, 3.63) is 29.8 Å². The standard InChI is InChI=1S/C16H23NO2/c1-12(2)11-19-14-8-6-13(7-9-14)16(18)15-5-3-4-10-17-15/h6-9,12,15,17H,3-5,10-11H2,1-2H3. The van der Waals surface area contributed by atoms with Gasteiger partial charge in [-0.05, 0) is 49.6 Å². The number of hydrogen-bond donors (Lipinski definition) is 1. The van der Waals surface area contributed by atoms with Crippen LogP contribution in [0.3, 0.4) is 0 Å². The molecule has 0 bridgehead atoms. The summed E-state index contributed by atoms with van der Waals surface area (Å²) in [5.41, 5.74) is 0.774. The van der Waals surface area contributed by atoms with Crippen molar-refractivity contribution in [2.75, 3.05) is 13.2 Å². The Balaban J connectivity index is 1.95. The van der Waals surface area contributed by atoms with Crippen molar-refractivity contribution in [2.24, 2.45) is 5.92 Å². The predicted molar refractivity (Wildman–Crippen MR) is 76.7 cm³/mol. The first kappa shape index (κ1) is 14.1. The number of hydrogen-bond acceptors (Lipinski definition) is 3. The Labute approximate surface area is 115 Å². The van der Waals surface area contributed by atoms with Crippen LogP contribution in [0.25, 0.3) is 0 Å². The zero-order valence-electron chi connectivity index (χ0n) is 11.8. The van der Waals surface area contributed by atoms with Crippen LogP contribution in [-0.2, 0) is 0 Å². The first-order chi connectivity index (χ1) is 9.16. The number of nitrogens with one attached hydrogen (secondary N) is 1. The summed E-state index contributed by atoms with van der Waals surface area (Å²) >= 11 is 0. The molecule has 3 heteroatoms. The second-order valence-corrected chi connectivity index (χ2v) is 5.60. The smallest absolute Gasteiger partial charge is 0.179 e. The highest BCUT2D eigenvalue weighted by atomic mass is 16.5. The number of benzene rings is 1. The minimum Gasteiger partial charge on any atom is -0.493 e. The molecule has 1 aliphatic rings. The summed E-state index contributed by atoms with van der Waals surface area (Å²) in [6.07, 6.45) is 3.26. The van der Waals surface area contributed by atoms with Gasteiger partial charge in [-0.25, -0.2) is 0 Å². The Hall–Kier alpha value is -1.35. The molecule has 1 fully saturated rings. The van der Waals surface area contributed by atoms with Crippen molar-refractivity contribution in [1.29, 1.82) is 0 Å². The molecule has 104 valence electrons. The summed E-state index contributed by atoms with van der Waals surface area (Å²) < 4.78 is 5.62. The molecule has 1 heterocycles. The Morgan fingerprint density at radius 1 is 1.32 bits per heavy atom. The molecular formula is C16H23NO2. The molecule has 3 nitrogen and oxygen atoms in total. The quantitative estimate of drug-likeness (QED) is 0.828. The van der Waals surface area contributed by atoms with Gasteiger partial charge in [0.1, 0.15) is 5.75 Å². The summed E-state index contributed by atoms with van der Waals surface area (Å²) in [5, 5.41) is 3.29. The molecule has 1 saturated heterocycles. The Morgan fingerprint density at radius 2 is 2.05 bits per heavy atom. The molecule has 0 radical (unpaired) electrons. The molecular weight excluding hydrogens is 238 g/mol. The van der Waals surface area contributed by atoms with Gasteiger partial charge in [-0.15, -0.1) is 0 Å². The predicted octanol–water partition coefficient (Wildman–Crippen LogP) is 3.05. The summed E-state index contributed by atoms with van der Waals surface area (Å²) in [7, 11) is 0. The van der Waals surface area contributed by atoms with Crippen LogP contribution in [0.4, 0.5) is 0 Å².